The highest BCUT2D eigenvalue weighted by molar-refractivity contribution is 5.65. The van der Waals surface area contributed by atoms with Crippen LogP contribution in [0.3, 0.4) is 0 Å². The summed E-state index contributed by atoms with van der Waals surface area (Å²) >= 11 is 0. The third-order valence-corrected chi connectivity index (χ3v) is 0.450. The summed E-state index contributed by atoms with van der Waals surface area (Å²) in [6.45, 7) is 2.48. The Morgan fingerprint density at radius 3 is 1.83 bits per heavy atom. The van der Waals surface area contributed by atoms with Crippen molar-refractivity contribution in [2.24, 2.45) is 0 Å². The molecule has 0 amide bonds. The predicted octanol–water partition coefficient (Wildman–Crippen LogP) is -5.96. The number of hydrogen-bond donors (Lipinski definition) is 1. The summed E-state index contributed by atoms with van der Waals surface area (Å²) in [6, 6.07) is 0. The molecule has 0 bridgehead atoms. The molecule has 7 nitrogen and oxygen atoms in total. The first kappa shape index (κ1) is 14.1. The van der Waals surface area contributed by atoms with E-state index in [1.54, 1.807) is 0 Å². The lowest BCUT2D eigenvalue weighted by Gasteiger charge is -2.17. The summed E-state index contributed by atoms with van der Waals surface area (Å²) in [6.07, 6.45) is 0. The third kappa shape index (κ3) is 55.3. The summed E-state index contributed by atoms with van der Waals surface area (Å²) < 4.78 is 38.5. The number of carbonyl (C=O) groups is 1. The smallest absolute Gasteiger partial charge is 0.302 e. The molecule has 0 aliphatic heterocycles. The van der Waals surface area contributed by atoms with Crippen LogP contribution in [0.2, 0.25) is 0 Å². The van der Waals surface area contributed by atoms with Crippen LogP contribution in [0.25, 0.3) is 0 Å². The SMILES string of the molecule is CC(=O)OCC[NH3+].[O-][Cl+3]([O-])([O-])[O-]. The van der Waals surface area contributed by atoms with Gasteiger partial charge in [-0.3, -0.25) is 4.79 Å². The second-order valence-electron chi connectivity index (χ2n) is 1.57. The molecule has 74 valence electrons. The van der Waals surface area contributed by atoms with E-state index in [9.17, 15) is 4.79 Å². The van der Waals surface area contributed by atoms with E-state index in [1.165, 1.54) is 6.92 Å². The Morgan fingerprint density at radius 2 is 1.75 bits per heavy atom. The van der Waals surface area contributed by atoms with E-state index in [-0.39, 0.29) is 5.97 Å². The van der Waals surface area contributed by atoms with Crippen molar-refractivity contribution in [1.82, 2.24) is 0 Å². The molecule has 0 atom stereocenters. The van der Waals surface area contributed by atoms with Gasteiger partial charge in [-0.1, -0.05) is 0 Å². The fourth-order valence-corrected chi connectivity index (χ4v) is 0.216. The molecule has 0 heterocycles. The lowest BCUT2D eigenvalue weighted by Crippen LogP contribution is -2.68. The number of ether oxygens (including phenoxy) is 1. The monoisotopic (exact) mass is 203 g/mol. The number of esters is 1. The highest BCUT2D eigenvalue weighted by Crippen LogP contribution is 1.69. The summed E-state index contributed by atoms with van der Waals surface area (Å²) in [7, 11) is -4.94. The molecule has 0 fully saturated rings. The van der Waals surface area contributed by atoms with Gasteiger partial charge in [0.25, 0.3) is 0 Å². The lowest BCUT2D eigenvalue weighted by atomic mass is 10.7. The largest absolute Gasteiger partial charge is 0.460 e. The van der Waals surface area contributed by atoms with E-state index in [0.717, 1.165) is 0 Å². The molecule has 0 aliphatic carbocycles. The lowest BCUT2D eigenvalue weighted by molar-refractivity contribution is -2.00. The van der Waals surface area contributed by atoms with Crippen molar-refractivity contribution in [3.63, 3.8) is 0 Å². The summed E-state index contributed by atoms with van der Waals surface area (Å²) in [5.74, 6) is -0.233. The van der Waals surface area contributed by atoms with Crippen molar-refractivity contribution in [1.29, 1.82) is 0 Å². The zero-order chi connectivity index (χ0) is 10.2. The minimum absolute atomic E-state index is 0.233. The van der Waals surface area contributed by atoms with Crippen LogP contribution in [0.4, 0.5) is 0 Å². The van der Waals surface area contributed by atoms with E-state index < -0.39 is 10.2 Å². The molecule has 0 aliphatic rings. The maximum atomic E-state index is 9.95. The Balaban J connectivity index is 0. The summed E-state index contributed by atoms with van der Waals surface area (Å²) in [5, 5.41) is 0. The second-order valence-corrected chi connectivity index (χ2v) is 2.33. The van der Waals surface area contributed by atoms with Gasteiger partial charge in [-0.25, -0.2) is 18.6 Å². The number of rotatable bonds is 2. The summed E-state index contributed by atoms with van der Waals surface area (Å²) in [4.78, 5) is 9.95. The number of halogens is 1. The minimum atomic E-state index is -4.94. The van der Waals surface area contributed by atoms with Gasteiger partial charge in [0, 0.05) is 6.92 Å². The molecule has 0 rings (SSSR count). The van der Waals surface area contributed by atoms with Crippen LogP contribution in [-0.4, -0.2) is 19.1 Å². The van der Waals surface area contributed by atoms with Crippen molar-refractivity contribution in [3.8, 4) is 0 Å². The van der Waals surface area contributed by atoms with Crippen molar-refractivity contribution in [2.45, 2.75) is 6.92 Å². The predicted molar refractivity (Wildman–Crippen MR) is 24.4 cm³/mol. The zero-order valence-electron chi connectivity index (χ0n) is 6.45. The van der Waals surface area contributed by atoms with E-state index >= 15 is 0 Å². The highest BCUT2D eigenvalue weighted by Gasteiger charge is 1.87. The topological polar surface area (TPSA) is 146 Å². The maximum absolute atomic E-state index is 9.95. The van der Waals surface area contributed by atoms with Gasteiger partial charge in [-0.2, -0.15) is 0 Å². The molecule has 0 aromatic rings. The first-order valence-electron chi connectivity index (χ1n) is 2.81. The highest BCUT2D eigenvalue weighted by atomic mass is 35.7. The van der Waals surface area contributed by atoms with E-state index in [0.29, 0.717) is 13.2 Å². The Bertz CT molecular complexity index is 117. The number of carbonyl (C=O) groups excluding carboxylic acids is 1. The van der Waals surface area contributed by atoms with Gasteiger partial charge in [-0.15, -0.1) is 10.2 Å². The minimum Gasteiger partial charge on any atom is -0.460 e. The van der Waals surface area contributed by atoms with Crippen molar-refractivity contribution in [2.75, 3.05) is 13.2 Å². The van der Waals surface area contributed by atoms with E-state index in [2.05, 4.69) is 10.5 Å². The molecular weight excluding hydrogens is 193 g/mol. The van der Waals surface area contributed by atoms with Gasteiger partial charge < -0.3 is 10.5 Å². The molecule has 3 N–H and O–H groups in total. The molecule has 0 saturated carbocycles. The average Bonchev–Trinajstić information content (AvgIpc) is 1.79. The van der Waals surface area contributed by atoms with Crippen LogP contribution in [-0.2, 0) is 9.53 Å². The molecular formula is C4H10ClNO6. The van der Waals surface area contributed by atoms with Gasteiger partial charge in [0.05, 0.1) is 0 Å². The molecule has 0 aromatic carbocycles. The number of quaternary nitrogens is 1. The molecule has 0 radical (unpaired) electrons. The van der Waals surface area contributed by atoms with Crippen LogP contribution < -0.4 is 24.4 Å². The van der Waals surface area contributed by atoms with Gasteiger partial charge in [0.1, 0.15) is 13.2 Å². The molecule has 0 saturated heterocycles. The van der Waals surface area contributed by atoms with Crippen LogP contribution in [0.1, 0.15) is 6.92 Å². The Kier molecular flexibility index (Phi) is 8.49. The first-order valence-corrected chi connectivity index (χ1v) is 4.05. The molecule has 0 spiro atoms. The average molecular weight is 204 g/mol. The van der Waals surface area contributed by atoms with Crippen LogP contribution >= 0.6 is 0 Å². The summed E-state index contributed by atoms with van der Waals surface area (Å²) in [5.41, 5.74) is 3.48. The Hall–Kier alpha value is -0.440. The fourth-order valence-electron chi connectivity index (χ4n) is 0.216. The zero-order valence-corrected chi connectivity index (χ0v) is 7.20. The van der Waals surface area contributed by atoms with Crippen LogP contribution in [0.5, 0.6) is 0 Å². The normalized spacial score (nSPS) is 9.83. The molecule has 0 unspecified atom stereocenters. The standard InChI is InChI=1S/C4H9NO2.ClHO4/c1-4(6)7-3-2-5;2-1(3,4)5/h2-3,5H2,1H3;(H,2,3,4,5). The van der Waals surface area contributed by atoms with Gasteiger partial charge in [0.15, 0.2) is 0 Å². The third-order valence-electron chi connectivity index (χ3n) is 0.450. The fraction of sp³-hybridized carbons (Fsp3) is 0.750. The number of hydrogen-bond acceptors (Lipinski definition) is 6. The van der Waals surface area contributed by atoms with E-state index in [4.69, 9.17) is 18.6 Å². The van der Waals surface area contributed by atoms with Crippen molar-refractivity contribution >= 4 is 5.97 Å². The van der Waals surface area contributed by atoms with Gasteiger partial charge in [-0.05, 0) is 0 Å². The molecule has 8 heteroatoms. The molecule has 12 heavy (non-hydrogen) atoms. The van der Waals surface area contributed by atoms with Gasteiger partial charge >= 0.3 is 5.97 Å². The quantitative estimate of drug-likeness (QED) is 0.442. The van der Waals surface area contributed by atoms with Crippen molar-refractivity contribution < 1.29 is 44.1 Å². The van der Waals surface area contributed by atoms with Gasteiger partial charge in [0.2, 0.25) is 0 Å². The molecule has 0 aromatic heterocycles. The van der Waals surface area contributed by atoms with E-state index in [1.807, 2.05) is 0 Å². The Morgan fingerprint density at radius 1 is 1.42 bits per heavy atom. The first-order chi connectivity index (χ1) is 5.27. The maximum Gasteiger partial charge on any atom is 0.302 e. The van der Waals surface area contributed by atoms with Crippen molar-refractivity contribution in [3.05, 3.63) is 0 Å². The van der Waals surface area contributed by atoms with Crippen LogP contribution in [0.15, 0.2) is 0 Å². The van der Waals surface area contributed by atoms with Crippen LogP contribution in [0, 0.1) is 10.2 Å². The Labute approximate surface area is 71.1 Å². The second kappa shape index (κ2) is 7.22.